The quantitative estimate of drug-likeness (QED) is 0.338. The average Bonchev–Trinajstić information content (AvgIpc) is 3.21. The molecule has 0 saturated heterocycles. The maximum atomic E-state index is 13.7. The molecule has 0 aliphatic heterocycles. The number of amides is 2. The lowest BCUT2D eigenvalue weighted by molar-refractivity contribution is -0.122. The number of halogens is 2. The van der Waals surface area contributed by atoms with E-state index in [9.17, 15) is 18.4 Å². The van der Waals surface area contributed by atoms with Crippen LogP contribution < -0.4 is 10.6 Å². The van der Waals surface area contributed by atoms with Crippen molar-refractivity contribution in [1.82, 2.24) is 15.1 Å². The molecule has 2 N–H and O–H groups in total. The van der Waals surface area contributed by atoms with E-state index in [1.165, 1.54) is 12.1 Å². The number of nitrogens with zero attached hydrogens (tertiary/aromatic N) is 2. The van der Waals surface area contributed by atoms with Gasteiger partial charge in [0.05, 0.1) is 11.2 Å². The van der Waals surface area contributed by atoms with E-state index < -0.39 is 17.2 Å². The predicted octanol–water partition coefficient (Wildman–Crippen LogP) is 6.08. The Morgan fingerprint density at radius 1 is 0.947 bits per heavy atom. The standard InChI is InChI=1S/C30H38F2N4O2/c1-20(21-15-23(31)17-24(32)16-21)14-25-18-26(36(35-25)29(2,3)4)34-27(37)12-13-33-28(38)19-30(5,6)22-10-8-7-9-11-22/h7-11,15-18,20H,12-14,19H2,1-6H3,(H,33,38)(H,34,37). The van der Waals surface area contributed by atoms with Gasteiger partial charge in [0.15, 0.2) is 0 Å². The monoisotopic (exact) mass is 524 g/mol. The number of carbonyl (C=O) groups is 2. The van der Waals surface area contributed by atoms with Crippen LogP contribution in [0.3, 0.4) is 0 Å². The first-order chi connectivity index (χ1) is 17.7. The van der Waals surface area contributed by atoms with E-state index in [1.54, 1.807) is 10.7 Å². The molecule has 0 bridgehead atoms. The zero-order valence-electron chi connectivity index (χ0n) is 23.1. The Morgan fingerprint density at radius 3 is 2.18 bits per heavy atom. The smallest absolute Gasteiger partial charge is 0.227 e. The van der Waals surface area contributed by atoms with Crippen molar-refractivity contribution in [2.24, 2.45) is 0 Å². The van der Waals surface area contributed by atoms with Gasteiger partial charge in [-0.05, 0) is 61.8 Å². The second kappa shape index (κ2) is 11.9. The number of carbonyl (C=O) groups excluding carboxylic acids is 2. The normalized spacial score (nSPS) is 12.7. The van der Waals surface area contributed by atoms with Crippen molar-refractivity contribution in [3.63, 3.8) is 0 Å². The molecule has 1 atom stereocenters. The van der Waals surface area contributed by atoms with Crippen molar-refractivity contribution < 1.29 is 18.4 Å². The van der Waals surface area contributed by atoms with Crippen molar-refractivity contribution in [2.45, 2.75) is 77.7 Å². The molecule has 8 heteroatoms. The molecule has 38 heavy (non-hydrogen) atoms. The van der Waals surface area contributed by atoms with Gasteiger partial charge in [-0.1, -0.05) is 51.1 Å². The zero-order valence-corrected chi connectivity index (χ0v) is 23.1. The number of nitrogens with one attached hydrogen (secondary N) is 2. The number of hydrogen-bond acceptors (Lipinski definition) is 3. The summed E-state index contributed by atoms with van der Waals surface area (Å²) in [6.07, 6.45) is 0.870. The van der Waals surface area contributed by atoms with Gasteiger partial charge in [0.25, 0.3) is 0 Å². The lowest BCUT2D eigenvalue weighted by Crippen LogP contribution is -2.33. The summed E-state index contributed by atoms with van der Waals surface area (Å²) >= 11 is 0. The van der Waals surface area contributed by atoms with Crippen LogP contribution in [0, 0.1) is 11.6 Å². The largest absolute Gasteiger partial charge is 0.356 e. The molecule has 204 valence electrons. The number of anilines is 1. The van der Waals surface area contributed by atoms with Gasteiger partial charge in [0.2, 0.25) is 11.8 Å². The molecule has 0 radical (unpaired) electrons. The first-order valence-corrected chi connectivity index (χ1v) is 12.9. The van der Waals surface area contributed by atoms with Crippen LogP contribution in [0.1, 0.15) is 77.1 Å². The number of hydrogen-bond donors (Lipinski definition) is 2. The highest BCUT2D eigenvalue weighted by atomic mass is 19.1. The number of benzene rings is 2. The van der Waals surface area contributed by atoms with E-state index >= 15 is 0 Å². The summed E-state index contributed by atoms with van der Waals surface area (Å²) in [7, 11) is 0. The number of rotatable bonds is 10. The summed E-state index contributed by atoms with van der Waals surface area (Å²) in [5, 5.41) is 10.4. The van der Waals surface area contributed by atoms with Crippen molar-refractivity contribution in [3.05, 3.63) is 83.1 Å². The summed E-state index contributed by atoms with van der Waals surface area (Å²) in [6.45, 7) is 12.0. The van der Waals surface area contributed by atoms with Gasteiger partial charge in [0, 0.05) is 31.5 Å². The van der Waals surface area contributed by atoms with Crippen LogP contribution in [-0.2, 0) is 27.0 Å². The summed E-state index contributed by atoms with van der Waals surface area (Å²) in [5.41, 5.74) is 1.59. The average molecular weight is 525 g/mol. The third-order valence-corrected chi connectivity index (χ3v) is 6.46. The highest BCUT2D eigenvalue weighted by Gasteiger charge is 2.25. The van der Waals surface area contributed by atoms with Gasteiger partial charge >= 0.3 is 0 Å². The van der Waals surface area contributed by atoms with Crippen LogP contribution >= 0.6 is 0 Å². The van der Waals surface area contributed by atoms with E-state index in [2.05, 4.69) is 15.7 Å². The maximum Gasteiger partial charge on any atom is 0.227 e. The lowest BCUT2D eigenvalue weighted by Gasteiger charge is -2.24. The Labute approximate surface area is 223 Å². The molecule has 3 rings (SSSR count). The van der Waals surface area contributed by atoms with Gasteiger partial charge < -0.3 is 10.6 Å². The molecule has 1 unspecified atom stereocenters. The van der Waals surface area contributed by atoms with Gasteiger partial charge in [-0.15, -0.1) is 0 Å². The van der Waals surface area contributed by atoms with Gasteiger partial charge in [-0.3, -0.25) is 9.59 Å². The molecule has 1 aromatic heterocycles. The summed E-state index contributed by atoms with van der Waals surface area (Å²) in [4.78, 5) is 25.2. The van der Waals surface area contributed by atoms with Crippen molar-refractivity contribution in [2.75, 3.05) is 11.9 Å². The Balaban J connectivity index is 1.59. The van der Waals surface area contributed by atoms with E-state index in [-0.39, 0.29) is 36.1 Å². The molecule has 0 aliphatic rings. The fraction of sp³-hybridized carbons (Fsp3) is 0.433. The molecule has 2 aromatic carbocycles. The first kappa shape index (κ1) is 29.0. The fourth-order valence-electron chi connectivity index (χ4n) is 4.40. The Kier molecular flexibility index (Phi) is 9.07. The highest BCUT2D eigenvalue weighted by molar-refractivity contribution is 5.90. The fourth-order valence-corrected chi connectivity index (χ4v) is 4.40. The van der Waals surface area contributed by atoms with Crippen molar-refractivity contribution >= 4 is 17.6 Å². The van der Waals surface area contributed by atoms with Crippen molar-refractivity contribution in [1.29, 1.82) is 0 Å². The van der Waals surface area contributed by atoms with Gasteiger partial charge in [0.1, 0.15) is 17.5 Å². The minimum atomic E-state index is -0.615. The Hall–Kier alpha value is -3.55. The van der Waals surface area contributed by atoms with E-state index in [0.29, 0.717) is 29.9 Å². The van der Waals surface area contributed by atoms with E-state index in [1.807, 2.05) is 71.9 Å². The molecule has 0 spiro atoms. The summed E-state index contributed by atoms with van der Waals surface area (Å²) in [5.74, 6) is -1.23. The molecule has 6 nitrogen and oxygen atoms in total. The molecular formula is C30H38F2N4O2. The molecule has 2 amide bonds. The summed E-state index contributed by atoms with van der Waals surface area (Å²) < 4.78 is 29.1. The maximum absolute atomic E-state index is 13.7. The topological polar surface area (TPSA) is 76.0 Å². The van der Waals surface area contributed by atoms with Crippen LogP contribution in [0.15, 0.2) is 54.6 Å². The predicted molar refractivity (Wildman–Crippen MR) is 146 cm³/mol. The van der Waals surface area contributed by atoms with E-state index in [0.717, 1.165) is 11.6 Å². The molecule has 3 aromatic rings. The van der Waals surface area contributed by atoms with Crippen LogP contribution in [0.25, 0.3) is 0 Å². The van der Waals surface area contributed by atoms with Crippen LogP contribution in [0.4, 0.5) is 14.6 Å². The third kappa shape index (κ3) is 7.97. The third-order valence-electron chi connectivity index (χ3n) is 6.46. The molecular weight excluding hydrogens is 486 g/mol. The van der Waals surface area contributed by atoms with Crippen LogP contribution in [-0.4, -0.2) is 28.1 Å². The first-order valence-electron chi connectivity index (χ1n) is 12.9. The van der Waals surface area contributed by atoms with Gasteiger partial charge in [-0.2, -0.15) is 5.10 Å². The van der Waals surface area contributed by atoms with E-state index in [4.69, 9.17) is 0 Å². The lowest BCUT2D eigenvalue weighted by atomic mass is 9.81. The van der Waals surface area contributed by atoms with Crippen molar-refractivity contribution in [3.8, 4) is 0 Å². The molecule has 0 saturated carbocycles. The zero-order chi connectivity index (χ0) is 28.1. The minimum Gasteiger partial charge on any atom is -0.356 e. The SMILES string of the molecule is CC(Cc1cc(NC(=O)CCNC(=O)CC(C)(C)c2ccccc2)n(C(C)(C)C)n1)c1cc(F)cc(F)c1. The second-order valence-corrected chi connectivity index (χ2v) is 11.5. The molecule has 0 aliphatic carbocycles. The van der Waals surface area contributed by atoms with Crippen LogP contribution in [0.5, 0.6) is 0 Å². The van der Waals surface area contributed by atoms with Crippen LogP contribution in [0.2, 0.25) is 0 Å². The Morgan fingerprint density at radius 2 is 1.58 bits per heavy atom. The minimum absolute atomic E-state index is 0.112. The molecule has 0 fully saturated rings. The Bertz CT molecular complexity index is 1240. The molecule has 1 heterocycles. The highest BCUT2D eigenvalue weighted by Crippen LogP contribution is 2.28. The van der Waals surface area contributed by atoms with Gasteiger partial charge in [-0.25, -0.2) is 13.5 Å². The number of aromatic nitrogens is 2. The second-order valence-electron chi connectivity index (χ2n) is 11.5. The summed E-state index contributed by atoms with van der Waals surface area (Å²) in [6, 6.07) is 15.2.